The average Bonchev–Trinajstić information content (AvgIpc) is 2.45. The highest BCUT2D eigenvalue weighted by Gasteiger charge is 2.10. The number of nitrogens with one attached hydrogen (secondary N) is 1. The zero-order chi connectivity index (χ0) is 15.2. The number of aliphatic hydroxyl groups excluding tert-OH is 1. The minimum atomic E-state index is -0.332. The van der Waals surface area contributed by atoms with Crippen LogP contribution in [0.3, 0.4) is 0 Å². The van der Waals surface area contributed by atoms with E-state index >= 15 is 0 Å². The first-order chi connectivity index (χ1) is 10.1. The van der Waals surface area contributed by atoms with E-state index in [1.807, 2.05) is 25.1 Å². The lowest BCUT2D eigenvalue weighted by molar-refractivity contribution is 0.288. The number of aryl methyl sites for hydroxylation is 1. The summed E-state index contributed by atoms with van der Waals surface area (Å²) in [6, 6.07) is 12.5. The molecule has 0 aromatic heterocycles. The Morgan fingerprint density at radius 1 is 1.24 bits per heavy atom. The van der Waals surface area contributed by atoms with Gasteiger partial charge in [-0.05, 0) is 55.2 Å². The second-order valence-electron chi connectivity index (χ2n) is 5.06. The van der Waals surface area contributed by atoms with Gasteiger partial charge in [-0.3, -0.25) is 0 Å². The summed E-state index contributed by atoms with van der Waals surface area (Å²) in [5, 5.41) is 12.7. The Balaban J connectivity index is 2.10. The number of hydrogen-bond acceptors (Lipinski definition) is 2. The van der Waals surface area contributed by atoms with Gasteiger partial charge < -0.3 is 10.4 Å². The van der Waals surface area contributed by atoms with Crippen LogP contribution in [0, 0.1) is 5.82 Å². The monoisotopic (exact) mass is 307 g/mol. The van der Waals surface area contributed by atoms with Crippen molar-refractivity contribution in [3.63, 3.8) is 0 Å². The maximum absolute atomic E-state index is 13.1. The van der Waals surface area contributed by atoms with Crippen LogP contribution in [0.25, 0.3) is 0 Å². The van der Waals surface area contributed by atoms with Gasteiger partial charge in [0.2, 0.25) is 0 Å². The van der Waals surface area contributed by atoms with Gasteiger partial charge in [-0.1, -0.05) is 29.8 Å². The lowest BCUT2D eigenvalue weighted by atomic mass is 10.1. The molecule has 2 aromatic carbocycles. The fraction of sp³-hybridized carbons (Fsp3) is 0.294. The fourth-order valence-corrected chi connectivity index (χ4v) is 2.61. The van der Waals surface area contributed by atoms with E-state index in [0.29, 0.717) is 5.02 Å². The van der Waals surface area contributed by atoms with Crippen molar-refractivity contribution in [2.75, 3.05) is 11.9 Å². The molecular weight excluding hydrogens is 289 g/mol. The zero-order valence-electron chi connectivity index (χ0n) is 11.9. The van der Waals surface area contributed by atoms with Crippen molar-refractivity contribution in [3.8, 4) is 0 Å². The number of benzene rings is 2. The third kappa shape index (κ3) is 4.45. The van der Waals surface area contributed by atoms with E-state index in [0.717, 1.165) is 24.1 Å². The van der Waals surface area contributed by atoms with Gasteiger partial charge in [0.1, 0.15) is 5.82 Å². The standard InChI is InChI=1S/C17H19ClFNO/c1-12(16-8-7-14(19)11-17(16)18)20-15-6-2-4-13(10-15)5-3-9-21/h2,4,6-8,10-12,20-21H,3,5,9H2,1H3. The van der Waals surface area contributed by atoms with Gasteiger partial charge in [-0.2, -0.15) is 0 Å². The number of anilines is 1. The Hall–Kier alpha value is -1.58. The SMILES string of the molecule is CC(Nc1cccc(CCCO)c1)c1ccc(F)cc1Cl. The highest BCUT2D eigenvalue weighted by atomic mass is 35.5. The number of aliphatic hydroxyl groups is 1. The summed E-state index contributed by atoms with van der Waals surface area (Å²) in [7, 11) is 0. The molecule has 0 saturated heterocycles. The predicted molar refractivity (Wildman–Crippen MR) is 85.3 cm³/mol. The van der Waals surface area contributed by atoms with Crippen LogP contribution in [-0.4, -0.2) is 11.7 Å². The van der Waals surface area contributed by atoms with E-state index in [2.05, 4.69) is 11.4 Å². The van der Waals surface area contributed by atoms with Crippen LogP contribution in [0.5, 0.6) is 0 Å². The lowest BCUT2D eigenvalue weighted by Gasteiger charge is -2.17. The summed E-state index contributed by atoms with van der Waals surface area (Å²) in [6.45, 7) is 2.18. The number of hydrogen-bond donors (Lipinski definition) is 2. The molecule has 0 aliphatic heterocycles. The van der Waals surface area contributed by atoms with Crippen molar-refractivity contribution < 1.29 is 9.50 Å². The minimum absolute atomic E-state index is 0.0220. The van der Waals surface area contributed by atoms with Crippen LogP contribution in [-0.2, 0) is 6.42 Å². The third-order valence-corrected chi connectivity index (χ3v) is 3.69. The quantitative estimate of drug-likeness (QED) is 0.819. The average molecular weight is 308 g/mol. The molecule has 0 spiro atoms. The Bertz CT molecular complexity index is 603. The molecule has 0 aliphatic carbocycles. The molecule has 2 aromatic rings. The molecule has 0 fully saturated rings. The van der Waals surface area contributed by atoms with Crippen molar-refractivity contribution in [1.29, 1.82) is 0 Å². The van der Waals surface area contributed by atoms with Gasteiger partial charge in [0.15, 0.2) is 0 Å². The first-order valence-electron chi connectivity index (χ1n) is 7.01. The van der Waals surface area contributed by atoms with Crippen molar-refractivity contribution in [3.05, 3.63) is 64.4 Å². The van der Waals surface area contributed by atoms with Crippen LogP contribution >= 0.6 is 11.6 Å². The van der Waals surface area contributed by atoms with Gasteiger partial charge in [-0.15, -0.1) is 0 Å². The van der Waals surface area contributed by atoms with Crippen LogP contribution in [0.2, 0.25) is 5.02 Å². The van der Waals surface area contributed by atoms with Crippen molar-refractivity contribution >= 4 is 17.3 Å². The van der Waals surface area contributed by atoms with E-state index in [1.165, 1.54) is 17.7 Å². The Kier molecular flexibility index (Phi) is 5.59. The number of rotatable bonds is 6. The molecule has 0 saturated carbocycles. The van der Waals surface area contributed by atoms with E-state index in [4.69, 9.17) is 16.7 Å². The van der Waals surface area contributed by atoms with Crippen molar-refractivity contribution in [1.82, 2.24) is 0 Å². The molecule has 0 heterocycles. The smallest absolute Gasteiger partial charge is 0.124 e. The molecule has 0 bridgehead atoms. The Morgan fingerprint density at radius 3 is 2.76 bits per heavy atom. The molecule has 0 radical (unpaired) electrons. The van der Waals surface area contributed by atoms with Crippen LogP contribution in [0.1, 0.15) is 30.5 Å². The molecule has 4 heteroatoms. The topological polar surface area (TPSA) is 32.3 Å². The highest BCUT2D eigenvalue weighted by molar-refractivity contribution is 6.31. The first kappa shape index (κ1) is 15.8. The van der Waals surface area contributed by atoms with E-state index in [-0.39, 0.29) is 18.5 Å². The molecule has 2 nitrogen and oxygen atoms in total. The molecule has 0 aliphatic rings. The van der Waals surface area contributed by atoms with Gasteiger partial charge >= 0.3 is 0 Å². The molecule has 1 unspecified atom stereocenters. The minimum Gasteiger partial charge on any atom is -0.396 e. The molecule has 0 amide bonds. The Labute approximate surface area is 129 Å². The molecule has 1 atom stereocenters. The number of halogens is 2. The zero-order valence-corrected chi connectivity index (χ0v) is 12.7. The molecule has 2 rings (SSSR count). The van der Waals surface area contributed by atoms with Gasteiger partial charge in [0.05, 0.1) is 0 Å². The highest BCUT2D eigenvalue weighted by Crippen LogP contribution is 2.27. The van der Waals surface area contributed by atoms with Crippen LogP contribution < -0.4 is 5.32 Å². The van der Waals surface area contributed by atoms with Crippen molar-refractivity contribution in [2.24, 2.45) is 0 Å². The summed E-state index contributed by atoms with van der Waals surface area (Å²) >= 11 is 6.08. The second kappa shape index (κ2) is 7.43. The second-order valence-corrected chi connectivity index (χ2v) is 5.47. The Morgan fingerprint density at radius 2 is 2.05 bits per heavy atom. The normalized spacial score (nSPS) is 12.2. The summed E-state index contributed by atoms with van der Waals surface area (Å²) in [5.41, 5.74) is 3.02. The predicted octanol–water partition coefficient (Wildman–Crippen LogP) is 4.58. The van der Waals surface area contributed by atoms with Gasteiger partial charge in [-0.25, -0.2) is 4.39 Å². The summed E-state index contributed by atoms with van der Waals surface area (Å²) < 4.78 is 13.1. The first-order valence-corrected chi connectivity index (χ1v) is 7.39. The summed E-state index contributed by atoms with van der Waals surface area (Å²) in [6.07, 6.45) is 1.60. The summed E-state index contributed by atoms with van der Waals surface area (Å²) in [5.74, 6) is -0.332. The van der Waals surface area contributed by atoms with E-state index in [9.17, 15) is 4.39 Å². The molecule has 2 N–H and O–H groups in total. The summed E-state index contributed by atoms with van der Waals surface area (Å²) in [4.78, 5) is 0. The van der Waals surface area contributed by atoms with Gasteiger partial charge in [0, 0.05) is 23.4 Å². The van der Waals surface area contributed by atoms with Crippen molar-refractivity contribution in [2.45, 2.75) is 25.8 Å². The molecule has 112 valence electrons. The van der Waals surface area contributed by atoms with Crippen LogP contribution in [0.15, 0.2) is 42.5 Å². The van der Waals surface area contributed by atoms with E-state index in [1.54, 1.807) is 6.07 Å². The molecule has 21 heavy (non-hydrogen) atoms. The third-order valence-electron chi connectivity index (χ3n) is 3.36. The van der Waals surface area contributed by atoms with E-state index < -0.39 is 0 Å². The largest absolute Gasteiger partial charge is 0.396 e. The fourth-order valence-electron chi connectivity index (χ4n) is 2.28. The maximum atomic E-state index is 13.1. The molecular formula is C17H19ClFNO. The maximum Gasteiger partial charge on any atom is 0.124 e. The van der Waals surface area contributed by atoms with Gasteiger partial charge in [0.25, 0.3) is 0 Å². The van der Waals surface area contributed by atoms with Crippen LogP contribution in [0.4, 0.5) is 10.1 Å². The lowest BCUT2D eigenvalue weighted by Crippen LogP contribution is -2.07.